The van der Waals surface area contributed by atoms with Crippen LogP contribution >= 0.6 is 0 Å². The summed E-state index contributed by atoms with van der Waals surface area (Å²) in [6.07, 6.45) is 4.36. The number of para-hydroxylation sites is 1. The normalized spacial score (nSPS) is 15.9. The summed E-state index contributed by atoms with van der Waals surface area (Å²) >= 11 is 0. The van der Waals surface area contributed by atoms with E-state index in [0.29, 0.717) is 24.3 Å². The largest absolute Gasteiger partial charge is 0.492 e. The molecule has 0 unspecified atom stereocenters. The fourth-order valence-electron chi connectivity index (χ4n) is 3.10. The summed E-state index contributed by atoms with van der Waals surface area (Å²) in [6, 6.07) is 15.7. The minimum absolute atomic E-state index is 0.0532. The molecule has 1 aliphatic rings. The van der Waals surface area contributed by atoms with Crippen molar-refractivity contribution in [3.63, 3.8) is 0 Å². The molecule has 1 aliphatic heterocycles. The molecule has 3 nitrogen and oxygen atoms in total. The topological polar surface area (TPSA) is 39.2 Å². The summed E-state index contributed by atoms with van der Waals surface area (Å²) in [5.41, 5.74) is 4.40. The molecule has 3 heteroatoms. The number of hydrogen-bond donors (Lipinski definition) is 0. The lowest BCUT2D eigenvalue weighted by Gasteiger charge is -2.08. The molecular weight excluding hydrogens is 298 g/mol. The van der Waals surface area contributed by atoms with E-state index in [1.54, 1.807) is 6.20 Å². The van der Waals surface area contributed by atoms with E-state index in [1.165, 1.54) is 0 Å². The van der Waals surface area contributed by atoms with Gasteiger partial charge in [-0.25, -0.2) is 0 Å². The molecule has 0 aliphatic carbocycles. The smallest absolute Gasteiger partial charge is 0.192 e. The Bertz CT molecular complexity index is 972. The van der Waals surface area contributed by atoms with Gasteiger partial charge in [0.05, 0.1) is 17.7 Å². The fourth-order valence-corrected chi connectivity index (χ4v) is 3.10. The lowest BCUT2D eigenvalue weighted by atomic mass is 9.97. The molecule has 0 bridgehead atoms. The third-order valence-electron chi connectivity index (χ3n) is 4.33. The Balaban J connectivity index is 1.77. The summed E-state index contributed by atoms with van der Waals surface area (Å²) in [5, 5.41) is 1.07. The van der Waals surface area contributed by atoms with Crippen LogP contribution in [0.2, 0.25) is 0 Å². The Kier molecular flexibility index (Phi) is 3.62. The predicted octanol–water partition coefficient (Wildman–Crippen LogP) is 4.59. The number of Topliss-reactive ketones (excluding diaryl/α,β-unsaturated/α-hetero) is 1. The molecule has 3 aromatic rings. The van der Waals surface area contributed by atoms with Gasteiger partial charge in [0.15, 0.2) is 5.78 Å². The zero-order valence-corrected chi connectivity index (χ0v) is 13.5. The Morgan fingerprint density at radius 1 is 1.12 bits per heavy atom. The van der Waals surface area contributed by atoms with Gasteiger partial charge in [-0.2, -0.15) is 0 Å². The van der Waals surface area contributed by atoms with Gasteiger partial charge in [0, 0.05) is 23.6 Å². The predicted molar refractivity (Wildman–Crippen MR) is 95.3 cm³/mol. The molecule has 24 heavy (non-hydrogen) atoms. The number of pyridine rings is 1. The first-order valence-electron chi connectivity index (χ1n) is 8.05. The number of ether oxygens (including phenoxy) is 1. The highest BCUT2D eigenvalue weighted by molar-refractivity contribution is 6.13. The van der Waals surface area contributed by atoms with Gasteiger partial charge in [-0.3, -0.25) is 9.78 Å². The number of benzene rings is 2. The summed E-state index contributed by atoms with van der Waals surface area (Å²) in [7, 11) is 0. The second-order valence-corrected chi connectivity index (χ2v) is 6.00. The lowest BCUT2D eigenvalue weighted by Crippen LogP contribution is -2.02. The van der Waals surface area contributed by atoms with Gasteiger partial charge in [-0.15, -0.1) is 0 Å². The van der Waals surface area contributed by atoms with Crippen molar-refractivity contribution in [2.24, 2.45) is 0 Å². The molecule has 0 radical (unpaired) electrons. The lowest BCUT2D eigenvalue weighted by molar-refractivity contribution is 0.103. The highest BCUT2D eigenvalue weighted by Crippen LogP contribution is 2.30. The van der Waals surface area contributed by atoms with E-state index in [9.17, 15) is 4.79 Å². The van der Waals surface area contributed by atoms with Crippen molar-refractivity contribution in [2.45, 2.75) is 13.3 Å². The summed E-state index contributed by atoms with van der Waals surface area (Å²) < 4.78 is 5.82. The highest BCUT2D eigenvalue weighted by atomic mass is 16.5. The maximum absolute atomic E-state index is 12.9. The number of aromatic nitrogens is 1. The molecule has 0 N–H and O–H groups in total. The fraction of sp³-hybridized carbons (Fsp3) is 0.143. The molecule has 2 heterocycles. The summed E-state index contributed by atoms with van der Waals surface area (Å²) in [4.78, 5) is 17.2. The van der Waals surface area contributed by atoms with Crippen LogP contribution in [0, 0.1) is 6.92 Å². The van der Waals surface area contributed by atoms with Crippen LogP contribution in [-0.2, 0) is 0 Å². The van der Waals surface area contributed by atoms with Crippen molar-refractivity contribution in [1.82, 2.24) is 4.98 Å². The van der Waals surface area contributed by atoms with E-state index in [0.717, 1.165) is 27.6 Å². The molecule has 0 atom stereocenters. The molecule has 0 saturated carbocycles. The standard InChI is InChI=1S/C21H17NO2/c1-14-4-2-6-18-20(23)17(9-11-24-21(14)18)13-15-7-8-19-16(12-15)5-3-10-22-19/h2-8,10,12-13H,9,11H2,1H3/b17-13+. The maximum atomic E-state index is 12.9. The van der Waals surface area contributed by atoms with Crippen molar-refractivity contribution in [2.75, 3.05) is 6.61 Å². The van der Waals surface area contributed by atoms with Gasteiger partial charge in [0.25, 0.3) is 0 Å². The minimum Gasteiger partial charge on any atom is -0.492 e. The molecule has 0 fully saturated rings. The van der Waals surface area contributed by atoms with Crippen LogP contribution in [0.1, 0.15) is 27.9 Å². The Morgan fingerprint density at radius 2 is 2.04 bits per heavy atom. The first kappa shape index (κ1) is 14.6. The SMILES string of the molecule is Cc1cccc2c1OCC/C(=C\c1ccc3ncccc3c1)C2=O. The molecule has 0 spiro atoms. The van der Waals surface area contributed by atoms with Gasteiger partial charge in [0.1, 0.15) is 5.75 Å². The third kappa shape index (κ3) is 2.58. The average molecular weight is 315 g/mol. The Labute approximate surface area is 140 Å². The zero-order chi connectivity index (χ0) is 16.5. The van der Waals surface area contributed by atoms with E-state index < -0.39 is 0 Å². The number of aryl methyl sites for hydroxylation is 1. The van der Waals surface area contributed by atoms with Crippen LogP contribution in [0.4, 0.5) is 0 Å². The molecular formula is C21H17NO2. The molecule has 118 valence electrons. The van der Waals surface area contributed by atoms with Gasteiger partial charge < -0.3 is 4.74 Å². The van der Waals surface area contributed by atoms with E-state index in [2.05, 4.69) is 11.1 Å². The third-order valence-corrected chi connectivity index (χ3v) is 4.33. The number of carbonyl (C=O) groups excluding carboxylic acids is 1. The number of rotatable bonds is 1. The molecule has 0 amide bonds. The second kappa shape index (κ2) is 5.93. The highest BCUT2D eigenvalue weighted by Gasteiger charge is 2.22. The van der Waals surface area contributed by atoms with Gasteiger partial charge in [-0.05, 0) is 48.4 Å². The zero-order valence-electron chi connectivity index (χ0n) is 13.5. The summed E-state index contributed by atoms with van der Waals surface area (Å²) in [6.45, 7) is 2.49. The van der Waals surface area contributed by atoms with Crippen LogP contribution in [0.5, 0.6) is 5.75 Å². The van der Waals surface area contributed by atoms with Crippen LogP contribution in [-0.4, -0.2) is 17.4 Å². The van der Waals surface area contributed by atoms with Crippen molar-refractivity contribution in [3.05, 3.63) is 77.0 Å². The van der Waals surface area contributed by atoms with Crippen molar-refractivity contribution in [1.29, 1.82) is 0 Å². The number of fused-ring (bicyclic) bond motifs is 2. The first-order valence-corrected chi connectivity index (χ1v) is 8.05. The molecule has 0 saturated heterocycles. The van der Waals surface area contributed by atoms with E-state index in [1.807, 2.05) is 55.5 Å². The second-order valence-electron chi connectivity index (χ2n) is 6.00. The molecule has 1 aromatic heterocycles. The van der Waals surface area contributed by atoms with Crippen LogP contribution in [0.3, 0.4) is 0 Å². The molecule has 2 aromatic carbocycles. The van der Waals surface area contributed by atoms with E-state index in [4.69, 9.17) is 4.74 Å². The maximum Gasteiger partial charge on any atom is 0.192 e. The van der Waals surface area contributed by atoms with Crippen molar-refractivity contribution < 1.29 is 9.53 Å². The molecule has 4 rings (SSSR count). The van der Waals surface area contributed by atoms with Gasteiger partial charge in [0.2, 0.25) is 0 Å². The van der Waals surface area contributed by atoms with Crippen molar-refractivity contribution in [3.8, 4) is 5.75 Å². The summed E-state index contributed by atoms with van der Waals surface area (Å²) in [5.74, 6) is 0.770. The minimum atomic E-state index is 0.0532. The van der Waals surface area contributed by atoms with E-state index in [-0.39, 0.29) is 5.78 Å². The van der Waals surface area contributed by atoms with Crippen LogP contribution in [0.15, 0.2) is 60.3 Å². The Morgan fingerprint density at radius 3 is 2.96 bits per heavy atom. The monoisotopic (exact) mass is 315 g/mol. The van der Waals surface area contributed by atoms with Gasteiger partial charge >= 0.3 is 0 Å². The average Bonchev–Trinajstić information content (AvgIpc) is 2.76. The number of carbonyl (C=O) groups is 1. The Hall–Kier alpha value is -2.94. The van der Waals surface area contributed by atoms with E-state index >= 15 is 0 Å². The first-order chi connectivity index (χ1) is 11.7. The van der Waals surface area contributed by atoms with Gasteiger partial charge in [-0.1, -0.05) is 24.3 Å². The van der Waals surface area contributed by atoms with Crippen molar-refractivity contribution >= 4 is 22.8 Å². The van der Waals surface area contributed by atoms with Crippen LogP contribution in [0.25, 0.3) is 17.0 Å². The quantitative estimate of drug-likeness (QED) is 0.616. The number of ketones is 1. The number of nitrogens with zero attached hydrogens (tertiary/aromatic N) is 1. The van der Waals surface area contributed by atoms with Crippen LogP contribution < -0.4 is 4.74 Å². The number of hydrogen-bond acceptors (Lipinski definition) is 3.